The first-order valence-corrected chi connectivity index (χ1v) is 15.4. The van der Waals surface area contributed by atoms with Crippen LogP contribution in [0, 0.1) is 6.92 Å². The van der Waals surface area contributed by atoms with Gasteiger partial charge in [-0.1, -0.05) is 48.5 Å². The van der Waals surface area contributed by atoms with Crippen molar-refractivity contribution in [1.82, 2.24) is 35.2 Å². The molecule has 13 heteroatoms. The van der Waals surface area contributed by atoms with E-state index in [0.29, 0.717) is 35.8 Å². The van der Waals surface area contributed by atoms with Gasteiger partial charge in [0.15, 0.2) is 6.35 Å². The quantitative estimate of drug-likeness (QED) is 0.171. The van der Waals surface area contributed by atoms with Crippen LogP contribution in [-0.4, -0.2) is 109 Å². The van der Waals surface area contributed by atoms with Crippen LogP contribution in [0.1, 0.15) is 27.4 Å². The third kappa shape index (κ3) is 7.77. The van der Waals surface area contributed by atoms with E-state index in [-0.39, 0.29) is 29.4 Å². The molecular weight excluding hydrogens is 600 g/mol. The SMILES string of the molecule is COCCN1C[C@@H](NC(=O)Nc2c(C)c(-c3cnc(OC)c(C(=O)NC(O)N(C)C)c3)nn2-c2ccccc2)[C@H](c2ccccc2)C1. The molecule has 4 N–H and O–H groups in total. The Bertz CT molecular complexity index is 1660. The highest BCUT2D eigenvalue weighted by atomic mass is 16.5. The van der Waals surface area contributed by atoms with E-state index in [0.717, 1.165) is 24.3 Å². The minimum absolute atomic E-state index is 0.0964. The Morgan fingerprint density at radius 1 is 1.06 bits per heavy atom. The molecule has 13 nitrogen and oxygen atoms in total. The zero-order chi connectivity index (χ0) is 33.5. The number of para-hydroxylation sites is 1. The number of aliphatic hydroxyl groups is 1. The van der Waals surface area contributed by atoms with Crippen LogP contribution in [0.25, 0.3) is 16.9 Å². The number of rotatable bonds is 12. The third-order valence-corrected chi connectivity index (χ3v) is 8.22. The topological polar surface area (TPSA) is 146 Å². The van der Waals surface area contributed by atoms with Gasteiger partial charge in [-0.3, -0.25) is 19.9 Å². The molecule has 0 spiro atoms. The Morgan fingerprint density at radius 3 is 2.43 bits per heavy atom. The number of aliphatic hydroxyl groups excluding tert-OH is 1. The summed E-state index contributed by atoms with van der Waals surface area (Å²) < 4.78 is 12.3. The Kier molecular flexibility index (Phi) is 10.8. The molecule has 1 unspecified atom stereocenters. The lowest BCUT2D eigenvalue weighted by Gasteiger charge is -2.21. The summed E-state index contributed by atoms with van der Waals surface area (Å²) in [7, 11) is 6.37. The molecule has 2 aromatic heterocycles. The lowest BCUT2D eigenvalue weighted by atomic mass is 9.94. The summed E-state index contributed by atoms with van der Waals surface area (Å²) in [5, 5.41) is 23.9. The molecule has 2 aromatic carbocycles. The van der Waals surface area contributed by atoms with Crippen LogP contribution >= 0.6 is 0 Å². The minimum Gasteiger partial charge on any atom is -0.480 e. The molecule has 1 fully saturated rings. The molecule has 4 aromatic rings. The summed E-state index contributed by atoms with van der Waals surface area (Å²) >= 11 is 0. The van der Waals surface area contributed by atoms with E-state index in [1.807, 2.05) is 55.5 Å². The molecule has 47 heavy (non-hydrogen) atoms. The van der Waals surface area contributed by atoms with E-state index < -0.39 is 12.3 Å². The summed E-state index contributed by atoms with van der Waals surface area (Å²) in [6.45, 7) is 4.72. The maximum atomic E-state index is 13.7. The molecular formula is C34H42N8O5. The fourth-order valence-corrected chi connectivity index (χ4v) is 5.69. The highest BCUT2D eigenvalue weighted by molar-refractivity contribution is 5.98. The van der Waals surface area contributed by atoms with Crippen molar-refractivity contribution in [3.8, 4) is 22.8 Å². The van der Waals surface area contributed by atoms with E-state index in [1.165, 1.54) is 12.0 Å². The Labute approximate surface area is 274 Å². The van der Waals surface area contributed by atoms with Crippen LogP contribution in [-0.2, 0) is 4.74 Å². The molecule has 0 aliphatic carbocycles. The number of carbonyl (C=O) groups excluding carboxylic acids is 2. The smallest absolute Gasteiger partial charge is 0.320 e. The number of pyridine rings is 1. The monoisotopic (exact) mass is 642 g/mol. The number of ether oxygens (including phenoxy) is 2. The lowest BCUT2D eigenvalue weighted by molar-refractivity contribution is 0.0121. The first kappa shape index (κ1) is 33.5. The number of benzene rings is 2. The number of aromatic nitrogens is 3. The standard InChI is InChI=1S/C34H42N8O5/c1-22-29(24-18-26(32(47-5)35-19-24)31(43)38-34(45)40(2)3)39-42(25-14-10-7-11-15-25)30(22)37-33(44)36-28-21-41(16-17-46-4)20-27(28)23-12-8-6-9-13-23/h6-15,18-19,27-28,34,45H,16-17,20-21H2,1-5H3,(H,38,43)(H2,36,37,44)/t27-,28+,34?/m0/s1. The van der Waals surface area contributed by atoms with Crippen molar-refractivity contribution in [3.05, 3.63) is 89.6 Å². The van der Waals surface area contributed by atoms with Gasteiger partial charge >= 0.3 is 6.03 Å². The molecule has 3 amide bonds. The van der Waals surface area contributed by atoms with Gasteiger partial charge in [0.2, 0.25) is 5.88 Å². The van der Waals surface area contributed by atoms with Crippen molar-refractivity contribution in [2.45, 2.75) is 25.2 Å². The van der Waals surface area contributed by atoms with Gasteiger partial charge in [-0.2, -0.15) is 5.10 Å². The lowest BCUT2D eigenvalue weighted by Crippen LogP contribution is -2.44. The predicted octanol–water partition coefficient (Wildman–Crippen LogP) is 3.05. The number of hydrogen-bond donors (Lipinski definition) is 4. The highest BCUT2D eigenvalue weighted by Gasteiger charge is 2.35. The second-order valence-corrected chi connectivity index (χ2v) is 11.6. The van der Waals surface area contributed by atoms with Gasteiger partial charge in [-0.15, -0.1) is 0 Å². The largest absolute Gasteiger partial charge is 0.480 e. The van der Waals surface area contributed by atoms with Crippen LogP contribution in [0.2, 0.25) is 0 Å². The van der Waals surface area contributed by atoms with Crippen molar-refractivity contribution < 1.29 is 24.2 Å². The number of nitrogens with zero attached hydrogens (tertiary/aromatic N) is 5. The first-order valence-electron chi connectivity index (χ1n) is 15.4. The van der Waals surface area contributed by atoms with Gasteiger partial charge in [0, 0.05) is 50.0 Å². The van der Waals surface area contributed by atoms with E-state index in [1.54, 1.807) is 38.2 Å². The van der Waals surface area contributed by atoms with Gasteiger partial charge in [0.25, 0.3) is 5.91 Å². The summed E-state index contributed by atoms with van der Waals surface area (Å²) in [5.74, 6) is 0.105. The van der Waals surface area contributed by atoms with Gasteiger partial charge in [-0.25, -0.2) is 14.5 Å². The molecule has 0 radical (unpaired) electrons. The zero-order valence-electron chi connectivity index (χ0n) is 27.3. The van der Waals surface area contributed by atoms with Crippen molar-refractivity contribution in [2.24, 2.45) is 0 Å². The van der Waals surface area contributed by atoms with Crippen LogP contribution in [0.5, 0.6) is 5.88 Å². The Balaban J connectivity index is 1.46. The number of urea groups is 1. The third-order valence-electron chi connectivity index (χ3n) is 8.22. The van der Waals surface area contributed by atoms with Crippen LogP contribution in [0.15, 0.2) is 72.9 Å². The molecule has 0 bridgehead atoms. The fraction of sp³-hybridized carbons (Fsp3) is 0.353. The van der Waals surface area contributed by atoms with Crippen molar-refractivity contribution in [2.75, 3.05) is 59.9 Å². The molecule has 248 valence electrons. The molecule has 3 heterocycles. The van der Waals surface area contributed by atoms with Crippen molar-refractivity contribution in [3.63, 3.8) is 0 Å². The number of amides is 3. The Morgan fingerprint density at radius 2 is 1.77 bits per heavy atom. The summed E-state index contributed by atoms with van der Waals surface area (Å²) in [5.41, 5.74) is 3.73. The molecule has 5 rings (SSSR count). The van der Waals surface area contributed by atoms with Gasteiger partial charge in [0.1, 0.15) is 11.4 Å². The van der Waals surface area contributed by atoms with Crippen LogP contribution in [0.3, 0.4) is 0 Å². The second-order valence-electron chi connectivity index (χ2n) is 11.6. The van der Waals surface area contributed by atoms with Gasteiger partial charge < -0.3 is 25.2 Å². The van der Waals surface area contributed by atoms with Gasteiger partial charge in [0.05, 0.1) is 31.1 Å². The normalized spacial score (nSPS) is 17.0. The maximum Gasteiger partial charge on any atom is 0.320 e. The number of likely N-dealkylation sites (tertiary alicyclic amines) is 1. The molecule has 3 atom stereocenters. The highest BCUT2D eigenvalue weighted by Crippen LogP contribution is 2.33. The zero-order valence-corrected chi connectivity index (χ0v) is 27.3. The summed E-state index contributed by atoms with van der Waals surface area (Å²) in [4.78, 5) is 34.9. The number of nitrogens with one attached hydrogen (secondary N) is 3. The Hall–Kier alpha value is -4.82. The second kappa shape index (κ2) is 15.2. The molecule has 1 aliphatic rings. The average Bonchev–Trinajstić information content (AvgIpc) is 3.63. The number of hydrogen-bond acceptors (Lipinski definition) is 9. The first-order chi connectivity index (χ1) is 22.7. The fourth-order valence-electron chi connectivity index (χ4n) is 5.69. The van der Waals surface area contributed by atoms with E-state index in [9.17, 15) is 14.7 Å². The van der Waals surface area contributed by atoms with Crippen LogP contribution in [0.4, 0.5) is 10.6 Å². The molecule has 1 saturated heterocycles. The van der Waals surface area contributed by atoms with Crippen LogP contribution < -0.4 is 20.7 Å². The van der Waals surface area contributed by atoms with Crippen molar-refractivity contribution >= 4 is 17.8 Å². The number of carbonyl (C=O) groups is 2. The summed E-state index contributed by atoms with van der Waals surface area (Å²) in [6, 6.07) is 20.8. The van der Waals surface area contributed by atoms with Crippen molar-refractivity contribution in [1.29, 1.82) is 0 Å². The molecule has 1 aliphatic heterocycles. The van der Waals surface area contributed by atoms with E-state index >= 15 is 0 Å². The maximum absolute atomic E-state index is 13.7. The van der Waals surface area contributed by atoms with E-state index in [2.05, 4.69) is 38.0 Å². The predicted molar refractivity (Wildman–Crippen MR) is 179 cm³/mol. The van der Waals surface area contributed by atoms with Gasteiger partial charge in [-0.05, 0) is 44.8 Å². The van der Waals surface area contributed by atoms with E-state index in [4.69, 9.17) is 14.6 Å². The minimum atomic E-state index is -1.21. The summed E-state index contributed by atoms with van der Waals surface area (Å²) in [6.07, 6.45) is 0.349. The molecule has 0 saturated carbocycles. The number of methoxy groups -OCH3 is 2. The average molecular weight is 643 g/mol. The number of anilines is 1.